The quantitative estimate of drug-likeness (QED) is 0.601. The Morgan fingerprint density at radius 1 is 1.15 bits per heavy atom. The molecule has 0 aliphatic heterocycles. The van der Waals surface area contributed by atoms with Gasteiger partial charge in [-0.3, -0.25) is 19.7 Å². The molecular weight excluding hydrogens is 346 g/mol. The summed E-state index contributed by atoms with van der Waals surface area (Å²) >= 11 is 0. The molecular formula is C19H17N5O3. The zero-order chi connectivity index (χ0) is 19.6. The SMILES string of the molecule is C=CC(=O)N(C)c1ccc(C(=O)Nc2nc3ccc(C(N)=O)cc3[nH]2)cc1. The van der Waals surface area contributed by atoms with E-state index in [-0.39, 0.29) is 17.8 Å². The largest absolute Gasteiger partial charge is 0.366 e. The van der Waals surface area contributed by atoms with Crippen molar-refractivity contribution < 1.29 is 14.4 Å². The molecule has 136 valence electrons. The van der Waals surface area contributed by atoms with Crippen LogP contribution in [0.25, 0.3) is 11.0 Å². The Balaban J connectivity index is 1.77. The summed E-state index contributed by atoms with van der Waals surface area (Å²) in [6, 6.07) is 11.3. The van der Waals surface area contributed by atoms with Crippen LogP contribution in [0.4, 0.5) is 11.6 Å². The number of benzene rings is 2. The highest BCUT2D eigenvalue weighted by Gasteiger charge is 2.12. The molecule has 0 unspecified atom stereocenters. The smallest absolute Gasteiger partial charge is 0.257 e. The van der Waals surface area contributed by atoms with Crippen LogP contribution < -0.4 is 16.0 Å². The Morgan fingerprint density at radius 3 is 2.44 bits per heavy atom. The van der Waals surface area contributed by atoms with Crippen LogP contribution in [-0.2, 0) is 4.79 Å². The number of hydrogen-bond donors (Lipinski definition) is 3. The highest BCUT2D eigenvalue weighted by molar-refractivity contribution is 6.05. The maximum atomic E-state index is 12.4. The van der Waals surface area contributed by atoms with Gasteiger partial charge in [-0.1, -0.05) is 6.58 Å². The normalized spacial score (nSPS) is 10.4. The number of amides is 3. The van der Waals surface area contributed by atoms with Crippen LogP contribution in [0.3, 0.4) is 0 Å². The van der Waals surface area contributed by atoms with Crippen molar-refractivity contribution in [2.24, 2.45) is 5.73 Å². The van der Waals surface area contributed by atoms with Gasteiger partial charge in [0.2, 0.25) is 17.8 Å². The van der Waals surface area contributed by atoms with E-state index in [4.69, 9.17) is 5.73 Å². The lowest BCUT2D eigenvalue weighted by atomic mass is 10.2. The van der Waals surface area contributed by atoms with E-state index in [1.807, 2.05) is 0 Å². The number of aromatic amines is 1. The molecule has 3 rings (SSSR count). The molecule has 3 aromatic rings. The number of rotatable bonds is 5. The highest BCUT2D eigenvalue weighted by Crippen LogP contribution is 2.18. The van der Waals surface area contributed by atoms with Crippen molar-refractivity contribution in [3.8, 4) is 0 Å². The van der Waals surface area contributed by atoms with E-state index in [9.17, 15) is 14.4 Å². The molecule has 0 saturated carbocycles. The van der Waals surface area contributed by atoms with Gasteiger partial charge in [0.05, 0.1) is 11.0 Å². The first-order valence-corrected chi connectivity index (χ1v) is 8.00. The summed E-state index contributed by atoms with van der Waals surface area (Å²) in [5.41, 5.74) is 7.82. The van der Waals surface area contributed by atoms with Crippen LogP contribution >= 0.6 is 0 Å². The fourth-order valence-electron chi connectivity index (χ4n) is 2.50. The van der Waals surface area contributed by atoms with Gasteiger partial charge in [-0.05, 0) is 48.5 Å². The Morgan fingerprint density at radius 2 is 1.81 bits per heavy atom. The van der Waals surface area contributed by atoms with Crippen molar-refractivity contribution in [1.82, 2.24) is 9.97 Å². The zero-order valence-corrected chi connectivity index (χ0v) is 14.5. The molecule has 2 aromatic carbocycles. The minimum Gasteiger partial charge on any atom is -0.366 e. The Kier molecular flexibility index (Phi) is 4.71. The number of hydrogen-bond acceptors (Lipinski definition) is 4. The van der Waals surface area contributed by atoms with E-state index in [0.29, 0.717) is 27.8 Å². The number of nitrogens with one attached hydrogen (secondary N) is 2. The zero-order valence-electron chi connectivity index (χ0n) is 14.5. The third kappa shape index (κ3) is 3.69. The van der Waals surface area contributed by atoms with E-state index >= 15 is 0 Å². The molecule has 0 aliphatic rings. The molecule has 0 saturated heterocycles. The second-order valence-corrected chi connectivity index (χ2v) is 5.78. The number of nitrogens with two attached hydrogens (primary N) is 1. The van der Waals surface area contributed by atoms with E-state index in [0.717, 1.165) is 0 Å². The number of fused-ring (bicyclic) bond motifs is 1. The van der Waals surface area contributed by atoms with Crippen LogP contribution in [-0.4, -0.2) is 34.7 Å². The van der Waals surface area contributed by atoms with Crippen LogP contribution in [0.1, 0.15) is 20.7 Å². The van der Waals surface area contributed by atoms with E-state index < -0.39 is 5.91 Å². The predicted molar refractivity (Wildman–Crippen MR) is 103 cm³/mol. The maximum Gasteiger partial charge on any atom is 0.257 e. The van der Waals surface area contributed by atoms with Crippen molar-refractivity contribution in [3.63, 3.8) is 0 Å². The number of H-pyrrole nitrogens is 1. The fourth-order valence-corrected chi connectivity index (χ4v) is 2.50. The van der Waals surface area contributed by atoms with Gasteiger partial charge in [-0.25, -0.2) is 4.98 Å². The van der Waals surface area contributed by atoms with Crippen LogP contribution in [0.2, 0.25) is 0 Å². The summed E-state index contributed by atoms with van der Waals surface area (Å²) in [6.45, 7) is 3.44. The predicted octanol–water partition coefficient (Wildman–Crippen LogP) is 2.06. The summed E-state index contributed by atoms with van der Waals surface area (Å²) in [6.07, 6.45) is 1.21. The maximum absolute atomic E-state index is 12.4. The molecule has 0 atom stereocenters. The number of primary amides is 1. The molecule has 0 fully saturated rings. The first kappa shape index (κ1) is 17.9. The summed E-state index contributed by atoms with van der Waals surface area (Å²) in [4.78, 5) is 43.9. The third-order valence-electron chi connectivity index (χ3n) is 4.02. The second kappa shape index (κ2) is 7.12. The number of carbonyl (C=O) groups is 3. The molecule has 0 radical (unpaired) electrons. The number of likely N-dealkylation sites (N-methyl/N-ethyl adjacent to an activating group) is 1. The lowest BCUT2D eigenvalue weighted by Crippen LogP contribution is -2.23. The van der Waals surface area contributed by atoms with Crippen molar-refractivity contribution in [2.45, 2.75) is 0 Å². The van der Waals surface area contributed by atoms with E-state index in [1.165, 1.54) is 11.0 Å². The number of nitrogens with zero attached hydrogens (tertiary/aromatic N) is 2. The van der Waals surface area contributed by atoms with Gasteiger partial charge < -0.3 is 15.6 Å². The Bertz CT molecular complexity index is 1050. The first-order chi connectivity index (χ1) is 12.9. The van der Waals surface area contributed by atoms with E-state index in [2.05, 4.69) is 21.9 Å². The standard InChI is InChI=1S/C19H17N5O3/c1-3-16(25)24(2)13-7-4-11(5-8-13)18(27)23-19-21-14-9-6-12(17(20)26)10-15(14)22-19/h3-10H,1H2,2H3,(H2,20,26)(H2,21,22,23,27). The summed E-state index contributed by atoms with van der Waals surface area (Å²) in [7, 11) is 1.62. The number of anilines is 2. The molecule has 0 bridgehead atoms. The molecule has 1 aromatic heterocycles. The lowest BCUT2D eigenvalue weighted by molar-refractivity contribution is -0.113. The highest BCUT2D eigenvalue weighted by atomic mass is 16.2. The van der Waals surface area contributed by atoms with Crippen molar-refractivity contribution in [3.05, 3.63) is 66.2 Å². The van der Waals surface area contributed by atoms with Crippen LogP contribution in [0.5, 0.6) is 0 Å². The molecule has 3 amide bonds. The van der Waals surface area contributed by atoms with Crippen molar-refractivity contribution in [1.29, 1.82) is 0 Å². The molecule has 4 N–H and O–H groups in total. The number of imidazole rings is 1. The Labute approximate surface area is 154 Å². The molecule has 1 heterocycles. The average Bonchev–Trinajstić information content (AvgIpc) is 3.08. The number of aromatic nitrogens is 2. The van der Waals surface area contributed by atoms with Gasteiger partial charge in [0.15, 0.2) is 0 Å². The minimum absolute atomic E-state index is 0.246. The van der Waals surface area contributed by atoms with Gasteiger partial charge in [0.25, 0.3) is 5.91 Å². The topological polar surface area (TPSA) is 121 Å². The van der Waals surface area contributed by atoms with Crippen LogP contribution in [0.15, 0.2) is 55.1 Å². The van der Waals surface area contributed by atoms with E-state index in [1.54, 1.807) is 49.5 Å². The summed E-state index contributed by atoms with van der Waals surface area (Å²) in [5.74, 6) is -0.907. The average molecular weight is 363 g/mol. The first-order valence-electron chi connectivity index (χ1n) is 8.00. The summed E-state index contributed by atoms with van der Waals surface area (Å²) in [5, 5.41) is 2.66. The van der Waals surface area contributed by atoms with Gasteiger partial charge >= 0.3 is 0 Å². The molecule has 0 spiro atoms. The Hall–Kier alpha value is -3.94. The molecule has 27 heavy (non-hydrogen) atoms. The fraction of sp³-hybridized carbons (Fsp3) is 0.0526. The monoisotopic (exact) mass is 363 g/mol. The van der Waals surface area contributed by atoms with Crippen molar-refractivity contribution in [2.75, 3.05) is 17.3 Å². The van der Waals surface area contributed by atoms with Crippen LogP contribution in [0, 0.1) is 0 Å². The number of carbonyl (C=O) groups excluding carboxylic acids is 3. The van der Waals surface area contributed by atoms with Gasteiger partial charge in [-0.2, -0.15) is 0 Å². The third-order valence-corrected chi connectivity index (χ3v) is 4.02. The lowest BCUT2D eigenvalue weighted by Gasteiger charge is -2.15. The van der Waals surface area contributed by atoms with Gasteiger partial charge in [0.1, 0.15) is 0 Å². The summed E-state index contributed by atoms with van der Waals surface area (Å²) < 4.78 is 0. The molecule has 8 heteroatoms. The van der Waals surface area contributed by atoms with Gasteiger partial charge in [-0.15, -0.1) is 0 Å². The second-order valence-electron chi connectivity index (χ2n) is 5.78. The molecule has 0 aliphatic carbocycles. The molecule has 8 nitrogen and oxygen atoms in total. The van der Waals surface area contributed by atoms with Crippen molar-refractivity contribution >= 4 is 40.4 Å². The minimum atomic E-state index is -0.544. The van der Waals surface area contributed by atoms with Gasteiger partial charge in [0, 0.05) is 23.9 Å².